The molecule has 0 saturated heterocycles. The van der Waals surface area contributed by atoms with E-state index in [-0.39, 0.29) is 32.5 Å². The average molecular weight is 745 g/mol. The van der Waals surface area contributed by atoms with Gasteiger partial charge in [-0.2, -0.15) is 0 Å². The van der Waals surface area contributed by atoms with Crippen LogP contribution < -0.4 is 15.3 Å². The van der Waals surface area contributed by atoms with Crippen LogP contribution in [0.3, 0.4) is 0 Å². The molecule has 0 fully saturated rings. The molecule has 0 spiro atoms. The minimum Gasteiger partial charge on any atom is -0.497 e. The van der Waals surface area contributed by atoms with Crippen LogP contribution in [0.4, 0.5) is 0 Å². The van der Waals surface area contributed by atoms with Gasteiger partial charge in [0, 0.05) is 16.2 Å². The Balaban J connectivity index is 2.57. The molecule has 0 radical (unpaired) electrons. The summed E-state index contributed by atoms with van der Waals surface area (Å²) in [6.45, 7) is 44.8. The Hall–Kier alpha value is -1.98. The van der Waals surface area contributed by atoms with E-state index in [2.05, 4.69) is 180 Å². The third-order valence-corrected chi connectivity index (χ3v) is 13.4. The summed E-state index contributed by atoms with van der Waals surface area (Å²) in [7, 11) is 1.82. The fraction of sp³-hybridized carbons (Fsp3) is 0.604. The number of hydrogen-bond acceptors (Lipinski definition) is 2. The first-order valence-electron chi connectivity index (χ1n) is 19.6. The summed E-state index contributed by atoms with van der Waals surface area (Å²) in [5.74, 6) is 0.858. The van der Waals surface area contributed by atoms with Crippen molar-refractivity contribution >= 4 is 32.4 Å². The Labute approximate surface area is 323 Å². The Bertz CT molecular complexity index is 1630. The smallest absolute Gasteiger partial charge is 0.118 e. The molecule has 0 saturated carbocycles. The summed E-state index contributed by atoms with van der Waals surface area (Å²) in [5.41, 5.74) is 10.5. The highest BCUT2D eigenvalue weighted by molar-refractivity contribution is 7.63. The van der Waals surface area contributed by atoms with Gasteiger partial charge < -0.3 is 9.26 Å². The van der Waals surface area contributed by atoms with Crippen LogP contribution in [-0.4, -0.2) is 18.8 Å². The Morgan fingerprint density at radius 1 is 0.558 bits per heavy atom. The monoisotopic (exact) mass is 745 g/mol. The zero-order valence-corrected chi connectivity index (χ0v) is 38.7. The van der Waals surface area contributed by atoms with Crippen molar-refractivity contribution < 1.29 is 9.26 Å². The molecular weight excluding hydrogens is 670 g/mol. The van der Waals surface area contributed by atoms with E-state index in [4.69, 9.17) is 9.26 Å². The molecule has 3 rings (SSSR count). The van der Waals surface area contributed by atoms with Gasteiger partial charge in [0.25, 0.3) is 0 Å². The van der Waals surface area contributed by atoms with E-state index in [1.54, 1.807) is 7.11 Å². The second kappa shape index (κ2) is 16.0. The van der Waals surface area contributed by atoms with Crippen LogP contribution in [0.1, 0.15) is 183 Å². The van der Waals surface area contributed by atoms with Gasteiger partial charge in [-0.25, -0.2) is 0 Å². The van der Waals surface area contributed by atoms with Crippen LogP contribution in [0.5, 0.6) is 5.75 Å². The van der Waals surface area contributed by atoms with Crippen molar-refractivity contribution in [3.05, 3.63) is 87.5 Å². The Kier molecular flexibility index (Phi) is 13.7. The summed E-state index contributed by atoms with van der Waals surface area (Å²) < 4.78 is 13.4. The highest BCUT2D eigenvalue weighted by Gasteiger charge is 2.35. The first kappa shape index (κ1) is 44.4. The van der Waals surface area contributed by atoms with Gasteiger partial charge in [-0.15, -0.1) is 0 Å². The molecular formula is C48H74O2P2. The first-order valence-corrected chi connectivity index (χ1v) is 21.9. The number of rotatable bonds is 9. The molecule has 3 aromatic carbocycles. The normalized spacial score (nSPS) is 14.5. The summed E-state index contributed by atoms with van der Waals surface area (Å²) in [5, 5.41) is 2.81. The van der Waals surface area contributed by atoms with E-state index >= 15 is 0 Å². The van der Waals surface area contributed by atoms with Crippen LogP contribution in [0.2, 0.25) is 0 Å². The summed E-state index contributed by atoms with van der Waals surface area (Å²) >= 11 is 0. The quantitative estimate of drug-likeness (QED) is 0.203. The van der Waals surface area contributed by atoms with Crippen molar-refractivity contribution in [1.29, 1.82) is 0 Å². The molecule has 0 bridgehead atoms. The summed E-state index contributed by atoms with van der Waals surface area (Å²) in [4.78, 5) is 0. The van der Waals surface area contributed by atoms with Gasteiger partial charge in [-0.05, 0) is 111 Å². The molecule has 1 atom stereocenters. The number of benzene rings is 3. The van der Waals surface area contributed by atoms with Crippen LogP contribution in [-0.2, 0) is 37.0 Å². The molecule has 1 unspecified atom stereocenters. The first-order chi connectivity index (χ1) is 23.5. The van der Waals surface area contributed by atoms with Crippen molar-refractivity contribution in [1.82, 2.24) is 0 Å². The maximum absolute atomic E-state index is 7.76. The molecule has 0 aromatic heterocycles. The SMILES string of the molecule is CCCCP(OC(=Pc1c(C(C)(C)C)cc(C(C)(C)C)cc1C(C)(C)C)c1ccc(OC)cc1)c1c(C(C)(C)C)cc(C(C)(C)C)cc1C(C)(C)C. The molecule has 0 N–H and O–H groups in total. The lowest BCUT2D eigenvalue weighted by Gasteiger charge is -2.36. The zero-order valence-electron chi connectivity index (χ0n) is 37.0. The van der Waals surface area contributed by atoms with Gasteiger partial charge in [0.05, 0.1) is 15.3 Å². The number of unbranched alkanes of at least 4 members (excludes halogenated alkanes) is 1. The predicted octanol–water partition coefficient (Wildman–Crippen LogP) is 13.8. The molecule has 0 aliphatic carbocycles. The van der Waals surface area contributed by atoms with Crippen molar-refractivity contribution in [2.75, 3.05) is 13.3 Å². The van der Waals surface area contributed by atoms with Crippen molar-refractivity contribution in [2.24, 2.45) is 0 Å². The maximum Gasteiger partial charge on any atom is 0.118 e. The van der Waals surface area contributed by atoms with E-state index in [1.165, 1.54) is 44.0 Å². The average Bonchev–Trinajstić information content (AvgIpc) is 2.99. The van der Waals surface area contributed by atoms with Crippen molar-refractivity contribution in [3.63, 3.8) is 0 Å². The Morgan fingerprint density at radius 2 is 0.942 bits per heavy atom. The van der Waals surface area contributed by atoms with Gasteiger partial charge in [0.1, 0.15) is 11.2 Å². The van der Waals surface area contributed by atoms with E-state index < -0.39 is 8.15 Å². The van der Waals surface area contributed by atoms with Crippen molar-refractivity contribution in [2.45, 2.75) is 177 Å². The van der Waals surface area contributed by atoms with Gasteiger partial charge in [-0.1, -0.05) is 162 Å². The lowest BCUT2D eigenvalue weighted by atomic mass is 9.75. The summed E-state index contributed by atoms with van der Waals surface area (Å²) in [6.07, 6.45) is 3.26. The fourth-order valence-corrected chi connectivity index (χ4v) is 11.0. The topological polar surface area (TPSA) is 18.5 Å². The molecule has 0 heterocycles. The zero-order chi connectivity index (χ0) is 39.8. The Morgan fingerprint density at radius 3 is 1.27 bits per heavy atom. The standard InChI is InChI=1S/C48H74O2P2/c1-21-22-27-52(41-38(47(14,15)16)30-34(44(5,6)7)31-39(41)48(17,18)19)50-42(32-23-25-35(49-20)26-24-32)51-40-36(45(8,9)10)28-33(43(2,3)4)29-37(40)46(11,12)13/h23-26,28-31H,21-22,27H2,1-20H3. The molecule has 0 aliphatic rings. The van der Waals surface area contributed by atoms with Crippen molar-refractivity contribution in [3.8, 4) is 5.75 Å². The predicted molar refractivity (Wildman–Crippen MR) is 236 cm³/mol. The molecule has 0 aliphatic heterocycles. The number of hydrogen-bond donors (Lipinski definition) is 0. The van der Waals surface area contributed by atoms with Crippen LogP contribution in [0.25, 0.3) is 0 Å². The minimum absolute atomic E-state index is 0.0366. The third-order valence-electron chi connectivity index (χ3n) is 9.90. The van der Waals surface area contributed by atoms with E-state index in [0.717, 1.165) is 44.0 Å². The molecule has 52 heavy (non-hydrogen) atoms. The van der Waals surface area contributed by atoms with Gasteiger partial charge >= 0.3 is 0 Å². The second-order valence-electron chi connectivity index (χ2n) is 21.0. The molecule has 4 heteroatoms. The lowest BCUT2D eigenvalue weighted by Crippen LogP contribution is -2.33. The lowest BCUT2D eigenvalue weighted by molar-refractivity contribution is 0.414. The van der Waals surface area contributed by atoms with Crippen LogP contribution in [0, 0.1) is 0 Å². The highest BCUT2D eigenvalue weighted by Crippen LogP contribution is 2.48. The van der Waals surface area contributed by atoms with Gasteiger partial charge in [0.15, 0.2) is 0 Å². The fourth-order valence-electron chi connectivity index (χ4n) is 6.39. The van der Waals surface area contributed by atoms with Gasteiger partial charge in [0.2, 0.25) is 0 Å². The van der Waals surface area contributed by atoms with Crippen LogP contribution >= 0.6 is 16.4 Å². The minimum atomic E-state index is -1.03. The largest absolute Gasteiger partial charge is 0.497 e. The van der Waals surface area contributed by atoms with E-state index in [9.17, 15) is 0 Å². The van der Waals surface area contributed by atoms with Crippen LogP contribution in [0.15, 0.2) is 48.5 Å². The van der Waals surface area contributed by atoms with Gasteiger partial charge in [-0.3, -0.25) is 0 Å². The summed E-state index contributed by atoms with van der Waals surface area (Å²) in [6, 6.07) is 18.6. The number of ether oxygens (including phenoxy) is 1. The number of methoxy groups -OCH3 is 1. The van der Waals surface area contributed by atoms with E-state index in [1.807, 2.05) is 0 Å². The molecule has 288 valence electrons. The molecule has 0 amide bonds. The highest BCUT2D eigenvalue weighted by atomic mass is 31.1. The van der Waals surface area contributed by atoms with E-state index in [0.29, 0.717) is 0 Å². The third kappa shape index (κ3) is 11.0. The molecule has 2 nitrogen and oxygen atoms in total. The maximum atomic E-state index is 7.76. The second-order valence-corrected chi connectivity index (χ2v) is 23.9. The molecule has 3 aromatic rings.